The summed E-state index contributed by atoms with van der Waals surface area (Å²) in [5, 5.41) is 3.51. The Bertz CT molecular complexity index is 221. The van der Waals surface area contributed by atoms with Crippen LogP contribution in [0.5, 0.6) is 0 Å². The molecule has 0 saturated carbocycles. The molecule has 0 amide bonds. The number of H-pyrrole nitrogens is 1. The average Bonchev–Trinajstić information content (AvgIpc) is 2.59. The first-order chi connectivity index (χ1) is 4.97. The third-order valence-electron chi connectivity index (χ3n) is 1.35. The Balaban J connectivity index is 2.14. The highest BCUT2D eigenvalue weighted by Crippen LogP contribution is 2.19. The first-order valence-corrected chi connectivity index (χ1v) is 3.05. The van der Waals surface area contributed by atoms with E-state index in [1.54, 1.807) is 12.4 Å². The lowest BCUT2D eigenvalue weighted by atomic mass is 10.3. The van der Waals surface area contributed by atoms with Crippen LogP contribution in [-0.4, -0.2) is 16.2 Å². The third kappa shape index (κ3) is 0.775. The van der Waals surface area contributed by atoms with Gasteiger partial charge in [0.15, 0.2) is 11.9 Å². The van der Waals surface area contributed by atoms with Crippen molar-refractivity contribution in [2.24, 2.45) is 5.16 Å². The summed E-state index contributed by atoms with van der Waals surface area (Å²) in [4.78, 5) is 11.9. The predicted molar refractivity (Wildman–Crippen MR) is 34.5 cm³/mol. The number of aromatic nitrogens is 2. The van der Waals surface area contributed by atoms with Crippen LogP contribution in [0.1, 0.15) is 18.3 Å². The van der Waals surface area contributed by atoms with Gasteiger partial charge in [0.1, 0.15) is 6.21 Å². The molecular formula is C6H6N3O. The molecule has 0 fully saturated rings. The summed E-state index contributed by atoms with van der Waals surface area (Å²) >= 11 is 0. The molecule has 1 aliphatic rings. The summed E-state index contributed by atoms with van der Waals surface area (Å²) in [6.07, 6.45) is 6.80. The van der Waals surface area contributed by atoms with Gasteiger partial charge < -0.3 is 9.82 Å². The molecule has 0 spiro atoms. The van der Waals surface area contributed by atoms with Crippen molar-refractivity contribution in [2.45, 2.75) is 12.5 Å². The molecule has 51 valence electrons. The van der Waals surface area contributed by atoms with Gasteiger partial charge in [-0.3, -0.25) is 0 Å². The molecule has 0 bridgehead atoms. The molecule has 0 aliphatic carbocycles. The van der Waals surface area contributed by atoms with Crippen LogP contribution in [0.2, 0.25) is 0 Å². The van der Waals surface area contributed by atoms with E-state index in [0.29, 0.717) is 6.42 Å². The van der Waals surface area contributed by atoms with E-state index in [-0.39, 0.29) is 6.10 Å². The average molecular weight is 136 g/mol. The topological polar surface area (TPSA) is 50.3 Å². The summed E-state index contributed by atoms with van der Waals surface area (Å²) in [6.45, 7) is 0. The molecule has 0 aromatic carbocycles. The fraction of sp³-hybridized carbons (Fsp3) is 0.333. The van der Waals surface area contributed by atoms with Crippen molar-refractivity contribution in [2.75, 3.05) is 0 Å². The monoisotopic (exact) mass is 136 g/mol. The van der Waals surface area contributed by atoms with Crippen LogP contribution in [0.4, 0.5) is 0 Å². The minimum atomic E-state index is -0.0463. The molecule has 1 aromatic heterocycles. The maximum absolute atomic E-state index is 4.92. The van der Waals surface area contributed by atoms with E-state index in [1.807, 2.05) is 0 Å². The van der Waals surface area contributed by atoms with Gasteiger partial charge in [0.2, 0.25) is 0 Å². The molecule has 1 aromatic rings. The maximum atomic E-state index is 4.92. The number of hydrogen-bond acceptors (Lipinski definition) is 3. The Labute approximate surface area is 57.9 Å². The van der Waals surface area contributed by atoms with Crippen molar-refractivity contribution in [3.63, 3.8) is 0 Å². The molecule has 2 heterocycles. The number of nitrogens with one attached hydrogen (secondary N) is 1. The fourth-order valence-electron chi connectivity index (χ4n) is 0.858. The van der Waals surface area contributed by atoms with E-state index < -0.39 is 0 Å². The van der Waals surface area contributed by atoms with E-state index in [0.717, 1.165) is 5.82 Å². The Morgan fingerprint density at radius 2 is 2.80 bits per heavy atom. The van der Waals surface area contributed by atoms with Crippen molar-refractivity contribution >= 4 is 6.21 Å². The summed E-state index contributed by atoms with van der Waals surface area (Å²) in [5.74, 6) is 0.814. The molecule has 1 N–H and O–H groups in total. The summed E-state index contributed by atoms with van der Waals surface area (Å²) in [5.41, 5.74) is 0. The second-order valence-electron chi connectivity index (χ2n) is 2.02. The largest absolute Gasteiger partial charge is 0.384 e. The van der Waals surface area contributed by atoms with Gasteiger partial charge in [0.25, 0.3) is 0 Å². The zero-order chi connectivity index (χ0) is 6.81. The smallest absolute Gasteiger partial charge is 0.190 e. The molecule has 4 nitrogen and oxygen atoms in total. The van der Waals surface area contributed by atoms with Gasteiger partial charge in [-0.1, -0.05) is 5.16 Å². The number of rotatable bonds is 1. The van der Waals surface area contributed by atoms with Crippen LogP contribution in [0.3, 0.4) is 0 Å². The van der Waals surface area contributed by atoms with Crippen molar-refractivity contribution in [3.8, 4) is 0 Å². The first-order valence-electron chi connectivity index (χ1n) is 3.05. The zero-order valence-corrected chi connectivity index (χ0v) is 5.24. The van der Waals surface area contributed by atoms with Crippen LogP contribution in [0.15, 0.2) is 17.5 Å². The van der Waals surface area contributed by atoms with Crippen molar-refractivity contribution in [1.29, 1.82) is 0 Å². The molecule has 1 unspecified atom stereocenters. The Morgan fingerprint density at radius 3 is 3.40 bits per heavy atom. The highest BCUT2D eigenvalue weighted by Gasteiger charge is 2.17. The highest BCUT2D eigenvalue weighted by molar-refractivity contribution is 5.58. The van der Waals surface area contributed by atoms with Crippen LogP contribution in [-0.2, 0) is 4.84 Å². The highest BCUT2D eigenvalue weighted by atomic mass is 16.6. The number of hydrogen-bond donors (Lipinski definition) is 1. The van der Waals surface area contributed by atoms with E-state index >= 15 is 0 Å². The quantitative estimate of drug-likeness (QED) is 0.618. The molecule has 0 saturated heterocycles. The number of imidazole rings is 1. The van der Waals surface area contributed by atoms with E-state index in [2.05, 4.69) is 21.3 Å². The number of aromatic amines is 1. The Morgan fingerprint density at radius 1 is 1.80 bits per heavy atom. The van der Waals surface area contributed by atoms with Crippen molar-refractivity contribution < 1.29 is 4.84 Å². The van der Waals surface area contributed by atoms with Gasteiger partial charge in [0.05, 0.1) is 0 Å². The summed E-state index contributed by atoms with van der Waals surface area (Å²) < 4.78 is 0. The predicted octanol–water partition coefficient (Wildman–Crippen LogP) is 0.734. The lowest BCUT2D eigenvalue weighted by Gasteiger charge is -2.01. The standard InChI is InChI=1S/C6H6N3O/c1-2-9-10-5(1)6-7-3-4-8-6/h3-5H,1H2,(H,7,8). The lowest BCUT2D eigenvalue weighted by molar-refractivity contribution is 0.0798. The SMILES string of the molecule is [C]1=NOC(c2ncc[nH]2)C1. The Hall–Kier alpha value is -1.32. The maximum Gasteiger partial charge on any atom is 0.190 e. The van der Waals surface area contributed by atoms with Crippen molar-refractivity contribution in [1.82, 2.24) is 9.97 Å². The third-order valence-corrected chi connectivity index (χ3v) is 1.35. The van der Waals surface area contributed by atoms with Crippen molar-refractivity contribution in [3.05, 3.63) is 18.2 Å². The second-order valence-corrected chi connectivity index (χ2v) is 2.02. The molecule has 1 atom stereocenters. The van der Waals surface area contributed by atoms with Crippen LogP contribution < -0.4 is 0 Å². The Kier molecular flexibility index (Phi) is 1.16. The second kappa shape index (κ2) is 2.13. The van der Waals surface area contributed by atoms with Crippen LogP contribution >= 0.6 is 0 Å². The van der Waals surface area contributed by atoms with E-state index in [9.17, 15) is 0 Å². The molecule has 1 aliphatic heterocycles. The minimum Gasteiger partial charge on any atom is -0.384 e. The van der Waals surface area contributed by atoms with Gasteiger partial charge in [0, 0.05) is 18.8 Å². The fourth-order valence-corrected chi connectivity index (χ4v) is 0.858. The molecular weight excluding hydrogens is 130 g/mol. The first kappa shape index (κ1) is 5.46. The summed E-state index contributed by atoms with van der Waals surface area (Å²) in [7, 11) is 0. The van der Waals surface area contributed by atoms with Gasteiger partial charge in [-0.05, 0) is 0 Å². The van der Waals surface area contributed by atoms with Gasteiger partial charge >= 0.3 is 0 Å². The molecule has 1 radical (unpaired) electrons. The molecule has 4 heteroatoms. The van der Waals surface area contributed by atoms with E-state index in [1.165, 1.54) is 0 Å². The normalized spacial score (nSPS) is 23.0. The van der Waals surface area contributed by atoms with E-state index in [4.69, 9.17) is 4.84 Å². The van der Waals surface area contributed by atoms with Crippen LogP contribution in [0, 0.1) is 0 Å². The minimum absolute atomic E-state index is 0.0463. The van der Waals surface area contributed by atoms with Gasteiger partial charge in [-0.2, -0.15) is 0 Å². The zero-order valence-electron chi connectivity index (χ0n) is 5.24. The lowest BCUT2D eigenvalue weighted by Crippen LogP contribution is -1.97. The van der Waals surface area contributed by atoms with Crippen LogP contribution in [0.25, 0.3) is 0 Å². The molecule has 10 heavy (non-hydrogen) atoms. The van der Waals surface area contributed by atoms with Gasteiger partial charge in [-0.15, -0.1) is 0 Å². The molecule has 2 rings (SSSR count). The number of nitrogens with zero attached hydrogens (tertiary/aromatic N) is 2. The van der Waals surface area contributed by atoms with Gasteiger partial charge in [-0.25, -0.2) is 4.98 Å². The summed E-state index contributed by atoms with van der Waals surface area (Å²) in [6, 6.07) is 0.